The van der Waals surface area contributed by atoms with Crippen LogP contribution in [0.5, 0.6) is 0 Å². The predicted molar refractivity (Wildman–Crippen MR) is 214 cm³/mol. The lowest BCUT2D eigenvalue weighted by molar-refractivity contribution is -0.148. The van der Waals surface area contributed by atoms with Crippen LogP contribution in [0.25, 0.3) is 0 Å². The van der Waals surface area contributed by atoms with Gasteiger partial charge >= 0.3 is 5.97 Å². The van der Waals surface area contributed by atoms with Crippen LogP contribution in [0.15, 0.2) is 0 Å². The molecule has 5 heterocycles. The number of nitrogens with one attached hydrogen (secondary N) is 4. The zero-order chi connectivity index (χ0) is 43.5. The Hall–Kier alpha value is -4.99. The Labute approximate surface area is 352 Å². The summed E-state index contributed by atoms with van der Waals surface area (Å²) in [7, 11) is 0. The summed E-state index contributed by atoms with van der Waals surface area (Å²) in [5, 5.41) is 19.2. The molecule has 332 valence electrons. The van der Waals surface area contributed by atoms with E-state index in [1.165, 1.54) is 36.3 Å². The van der Waals surface area contributed by atoms with E-state index in [9.17, 15) is 47.9 Å². The van der Waals surface area contributed by atoms with Crippen LogP contribution in [0, 0.1) is 0 Å². The summed E-state index contributed by atoms with van der Waals surface area (Å²) in [6.07, 6.45) is 6.80. The summed E-state index contributed by atoms with van der Waals surface area (Å²) in [4.78, 5) is 137. The summed E-state index contributed by atoms with van der Waals surface area (Å²) in [5.74, 6) is -4.96. The van der Waals surface area contributed by atoms with Gasteiger partial charge in [0.05, 0.1) is 19.6 Å². The van der Waals surface area contributed by atoms with Crippen LogP contribution in [0.4, 0.5) is 0 Å². The van der Waals surface area contributed by atoms with Gasteiger partial charge in [0.2, 0.25) is 53.2 Å². The highest BCUT2D eigenvalue weighted by molar-refractivity contribution is 7.98. The molecule has 9 amide bonds. The van der Waals surface area contributed by atoms with E-state index in [2.05, 4.69) is 21.3 Å². The van der Waals surface area contributed by atoms with E-state index < -0.39 is 109 Å². The molecule has 0 spiro atoms. The summed E-state index contributed by atoms with van der Waals surface area (Å²) < 4.78 is 0. The maximum Gasteiger partial charge on any atom is 0.322 e. The summed E-state index contributed by atoms with van der Waals surface area (Å²) in [5.41, 5.74) is 5.51. The number of rotatable bonds is 17. The highest BCUT2D eigenvalue weighted by Crippen LogP contribution is 2.27. The van der Waals surface area contributed by atoms with Crippen molar-refractivity contribution in [2.45, 2.75) is 107 Å². The van der Waals surface area contributed by atoms with Crippen molar-refractivity contribution in [2.75, 3.05) is 70.9 Å². The van der Waals surface area contributed by atoms with Gasteiger partial charge in [-0.1, -0.05) is 0 Å². The van der Waals surface area contributed by atoms with E-state index in [0.29, 0.717) is 83.1 Å². The molecule has 5 saturated heterocycles. The number of nitrogens with zero attached hydrogens (tertiary/aromatic N) is 5. The Morgan fingerprint density at radius 1 is 0.567 bits per heavy atom. The van der Waals surface area contributed by atoms with Crippen LogP contribution in [0.1, 0.15) is 70.6 Å². The second-order valence-electron chi connectivity index (χ2n) is 15.7. The third-order valence-electron chi connectivity index (χ3n) is 11.9. The molecule has 5 rings (SSSR count). The van der Waals surface area contributed by atoms with Crippen molar-refractivity contribution in [3.05, 3.63) is 0 Å². The first-order valence-electron chi connectivity index (χ1n) is 20.8. The molecule has 5 fully saturated rings. The Bertz CT molecular complexity index is 1680. The largest absolute Gasteiger partial charge is 0.480 e. The average Bonchev–Trinajstić information content (AvgIpc) is 4.09. The molecule has 0 radical (unpaired) electrons. The Morgan fingerprint density at radius 3 is 1.42 bits per heavy atom. The molecule has 0 aliphatic carbocycles. The monoisotopic (exact) mass is 862 g/mol. The van der Waals surface area contributed by atoms with Gasteiger partial charge in [0.1, 0.15) is 42.8 Å². The normalized spacial score (nSPS) is 24.3. The minimum absolute atomic E-state index is 0.231. The van der Waals surface area contributed by atoms with Gasteiger partial charge in [-0.3, -0.25) is 47.9 Å². The van der Waals surface area contributed by atoms with Crippen molar-refractivity contribution < 1.29 is 53.1 Å². The number of hydrogen-bond acceptors (Lipinski definition) is 12. The van der Waals surface area contributed by atoms with E-state index in [1.54, 1.807) is 0 Å². The van der Waals surface area contributed by atoms with E-state index in [4.69, 9.17) is 10.8 Å². The molecule has 0 bridgehead atoms. The molecule has 22 heteroatoms. The van der Waals surface area contributed by atoms with Gasteiger partial charge in [0.25, 0.3) is 0 Å². The molecule has 0 unspecified atom stereocenters. The van der Waals surface area contributed by atoms with Crippen molar-refractivity contribution in [2.24, 2.45) is 5.73 Å². The van der Waals surface area contributed by atoms with Gasteiger partial charge in [0, 0.05) is 32.7 Å². The molecular formula is C38H58N10O11S. The summed E-state index contributed by atoms with van der Waals surface area (Å²) in [6, 6.07) is -5.11. The molecule has 6 atom stereocenters. The molecule has 5 aliphatic heterocycles. The van der Waals surface area contributed by atoms with Crippen LogP contribution in [0.2, 0.25) is 0 Å². The number of carbonyl (C=O) groups excluding carboxylic acids is 9. The molecule has 5 aliphatic rings. The maximum absolute atomic E-state index is 13.9. The topological polar surface area (TPSA) is 281 Å². The maximum atomic E-state index is 13.9. The fourth-order valence-electron chi connectivity index (χ4n) is 8.91. The first-order valence-corrected chi connectivity index (χ1v) is 22.2. The first kappa shape index (κ1) is 46.1. The number of carboxylic acids is 1. The second-order valence-corrected chi connectivity index (χ2v) is 16.7. The van der Waals surface area contributed by atoms with Crippen LogP contribution < -0.4 is 27.0 Å². The Balaban J connectivity index is 1.12. The molecule has 0 aromatic rings. The van der Waals surface area contributed by atoms with Crippen LogP contribution in [-0.2, 0) is 47.9 Å². The second kappa shape index (κ2) is 21.5. The number of hydrogen-bond donors (Lipinski definition) is 6. The molecule has 0 aromatic heterocycles. The minimum atomic E-state index is -1.21. The van der Waals surface area contributed by atoms with Crippen molar-refractivity contribution in [1.29, 1.82) is 0 Å². The fraction of sp³-hybridized carbons (Fsp3) is 0.737. The van der Waals surface area contributed by atoms with E-state index in [0.717, 1.165) is 0 Å². The van der Waals surface area contributed by atoms with Crippen LogP contribution >= 0.6 is 11.8 Å². The number of carboxylic acid groups (broad SMARTS) is 1. The SMILES string of the molecule is CSCC[C@H](NC(=O)[C@@H]1CCCN1C(=O)CN)C(=O)NCC(=O)N1CCC[C@H]1C(=O)N1CCC[C@H]1C(=O)NCC(=O)N1CCC[C@H]1C(=O)N1CCC[C@H]1C(=O)NCC(=O)O. The Morgan fingerprint density at radius 2 is 0.967 bits per heavy atom. The number of nitrogens with two attached hydrogens (primary N) is 1. The van der Waals surface area contributed by atoms with Crippen LogP contribution in [-0.4, -0.2) is 196 Å². The quantitative estimate of drug-likeness (QED) is 0.0832. The minimum Gasteiger partial charge on any atom is -0.480 e. The summed E-state index contributed by atoms with van der Waals surface area (Å²) in [6.45, 7) is -0.131. The third-order valence-corrected chi connectivity index (χ3v) is 12.6. The number of amides is 9. The predicted octanol–water partition coefficient (Wildman–Crippen LogP) is -3.43. The van der Waals surface area contributed by atoms with Crippen molar-refractivity contribution >= 4 is 70.9 Å². The lowest BCUT2D eigenvalue weighted by Gasteiger charge is -2.32. The highest BCUT2D eigenvalue weighted by atomic mass is 32.2. The molecule has 0 saturated carbocycles. The lowest BCUT2D eigenvalue weighted by atomic mass is 10.1. The first-order chi connectivity index (χ1) is 28.8. The molecule has 60 heavy (non-hydrogen) atoms. The zero-order valence-electron chi connectivity index (χ0n) is 34.1. The average molecular weight is 863 g/mol. The number of likely N-dealkylation sites (tertiary alicyclic amines) is 5. The lowest BCUT2D eigenvalue weighted by Crippen LogP contribution is -2.56. The van der Waals surface area contributed by atoms with Gasteiger partial charge in [-0.2, -0.15) is 11.8 Å². The van der Waals surface area contributed by atoms with Gasteiger partial charge in [-0.05, 0) is 82.6 Å². The number of thioether (sulfide) groups is 1. The van der Waals surface area contributed by atoms with E-state index in [1.807, 2.05) is 6.26 Å². The standard InChI is InChI=1S/C38H58N10O11S/c1-60-18-12-23(43-36(57)26-9-2-13-44(26)29(49)19-39)33(54)40-20-30(50)45-14-5-10-27(45)37(58)47-16-3-7-24(47)34(55)41-21-31(51)46-15-6-11-28(46)38(59)48-17-4-8-25(48)35(56)42-22-32(52)53/h23-28H,2-22,39H2,1H3,(H,40,54)(H,41,55)(H,42,56)(H,43,57)(H,52,53)/t23-,24-,25-,26-,27-,28-/m0/s1. The molecule has 0 aromatic carbocycles. The fourth-order valence-corrected chi connectivity index (χ4v) is 9.38. The highest BCUT2D eigenvalue weighted by Gasteiger charge is 2.44. The van der Waals surface area contributed by atoms with Crippen molar-refractivity contribution in [1.82, 2.24) is 45.8 Å². The third kappa shape index (κ3) is 11.0. The smallest absolute Gasteiger partial charge is 0.322 e. The van der Waals surface area contributed by atoms with Crippen LogP contribution in [0.3, 0.4) is 0 Å². The van der Waals surface area contributed by atoms with Gasteiger partial charge in [-0.25, -0.2) is 0 Å². The molecular weight excluding hydrogens is 805 g/mol. The van der Waals surface area contributed by atoms with Gasteiger partial charge in [0.15, 0.2) is 0 Å². The molecule has 21 nitrogen and oxygen atoms in total. The zero-order valence-corrected chi connectivity index (χ0v) is 34.9. The van der Waals surface area contributed by atoms with Gasteiger partial charge in [-0.15, -0.1) is 0 Å². The van der Waals surface area contributed by atoms with Crippen molar-refractivity contribution in [3.63, 3.8) is 0 Å². The Kier molecular flexibility index (Phi) is 16.5. The van der Waals surface area contributed by atoms with Crippen molar-refractivity contribution in [3.8, 4) is 0 Å². The van der Waals surface area contributed by atoms with E-state index in [-0.39, 0.29) is 38.5 Å². The number of carbonyl (C=O) groups is 10. The van der Waals surface area contributed by atoms with Gasteiger partial charge < -0.3 is 56.6 Å². The molecule has 7 N–H and O–H groups in total. The van der Waals surface area contributed by atoms with E-state index >= 15 is 0 Å². The summed E-state index contributed by atoms with van der Waals surface area (Å²) >= 11 is 1.48. The number of aliphatic carboxylic acids is 1.